The summed E-state index contributed by atoms with van der Waals surface area (Å²) >= 11 is 0. The van der Waals surface area contributed by atoms with Crippen molar-refractivity contribution in [2.45, 2.75) is 11.8 Å². The van der Waals surface area contributed by atoms with Gasteiger partial charge in [0, 0.05) is 28.9 Å². The van der Waals surface area contributed by atoms with Crippen molar-refractivity contribution >= 4 is 32.0 Å². The van der Waals surface area contributed by atoms with E-state index in [9.17, 15) is 18.3 Å². The van der Waals surface area contributed by atoms with E-state index in [-0.39, 0.29) is 22.9 Å². The molecule has 0 saturated carbocycles. The van der Waals surface area contributed by atoms with Crippen molar-refractivity contribution in [3.05, 3.63) is 52.8 Å². The maximum absolute atomic E-state index is 12.3. The van der Waals surface area contributed by atoms with E-state index in [0.29, 0.717) is 27.8 Å². The molecule has 0 radical (unpaired) electrons. The molecule has 4 N–H and O–H groups in total. The maximum atomic E-state index is 12.3. The summed E-state index contributed by atoms with van der Waals surface area (Å²) < 4.78 is 27.1. The number of hydrogen-bond acceptors (Lipinski definition) is 5. The Morgan fingerprint density at radius 2 is 1.89 bits per heavy atom. The van der Waals surface area contributed by atoms with Crippen molar-refractivity contribution in [1.29, 1.82) is 0 Å². The smallest absolute Gasteiger partial charge is 0.249 e. The van der Waals surface area contributed by atoms with Crippen LogP contribution in [0, 0.1) is 0 Å². The largest absolute Gasteiger partial charge is 0.494 e. The normalized spacial score (nSPS) is 12.0. The van der Waals surface area contributed by atoms with Gasteiger partial charge in [0.15, 0.2) is 5.88 Å². The molecule has 3 aromatic heterocycles. The number of benzene rings is 1. The highest BCUT2D eigenvalue weighted by atomic mass is 32.2. The molecule has 1 aromatic carbocycles. The van der Waals surface area contributed by atoms with Crippen molar-refractivity contribution in [2.24, 2.45) is 0 Å². The van der Waals surface area contributed by atoms with Crippen molar-refractivity contribution in [2.75, 3.05) is 6.54 Å². The Kier molecular flexibility index (Phi) is 3.97. The van der Waals surface area contributed by atoms with Crippen LogP contribution in [0.25, 0.3) is 33.2 Å². The Morgan fingerprint density at radius 3 is 2.67 bits per heavy atom. The molecule has 27 heavy (non-hydrogen) atoms. The van der Waals surface area contributed by atoms with E-state index < -0.39 is 10.0 Å². The minimum atomic E-state index is -3.65. The molecule has 0 amide bonds. The first-order valence-electron chi connectivity index (χ1n) is 8.24. The molecule has 3 heterocycles. The number of aromatic amines is 2. The van der Waals surface area contributed by atoms with Crippen LogP contribution in [0.5, 0.6) is 5.88 Å². The van der Waals surface area contributed by atoms with Gasteiger partial charge in [0.05, 0.1) is 16.2 Å². The summed E-state index contributed by atoms with van der Waals surface area (Å²) in [5.74, 6) is -0.131. The third-order valence-corrected chi connectivity index (χ3v) is 5.78. The zero-order chi connectivity index (χ0) is 19.2. The quantitative estimate of drug-likeness (QED) is 0.428. The van der Waals surface area contributed by atoms with Crippen LogP contribution >= 0.6 is 0 Å². The fraction of sp³-hybridized carbons (Fsp3) is 0.111. The van der Waals surface area contributed by atoms with Gasteiger partial charge < -0.3 is 15.1 Å². The number of nitrogens with zero attached hydrogens (tertiary/aromatic N) is 1. The third-order valence-electron chi connectivity index (χ3n) is 4.23. The van der Waals surface area contributed by atoms with E-state index in [1.165, 1.54) is 18.2 Å². The van der Waals surface area contributed by atoms with Crippen LogP contribution in [0.2, 0.25) is 0 Å². The number of aromatic hydroxyl groups is 1. The van der Waals surface area contributed by atoms with Gasteiger partial charge in [-0.25, -0.2) is 18.1 Å². The predicted octanol–water partition coefficient (Wildman–Crippen LogP) is 2.08. The summed E-state index contributed by atoms with van der Waals surface area (Å²) in [6.45, 7) is 1.97. The molecule has 0 atom stereocenters. The Balaban J connectivity index is 1.96. The van der Waals surface area contributed by atoms with Crippen LogP contribution in [0.15, 0.2) is 52.2 Å². The van der Waals surface area contributed by atoms with Gasteiger partial charge >= 0.3 is 0 Å². The van der Waals surface area contributed by atoms with E-state index >= 15 is 0 Å². The average Bonchev–Trinajstić information content (AvgIpc) is 2.96. The second-order valence-electron chi connectivity index (χ2n) is 6.01. The molecule has 0 bridgehead atoms. The Bertz CT molecular complexity index is 1340. The molecule has 0 aliphatic heterocycles. The number of H-pyrrole nitrogens is 2. The van der Waals surface area contributed by atoms with E-state index in [4.69, 9.17) is 0 Å². The Morgan fingerprint density at radius 1 is 1.11 bits per heavy atom. The van der Waals surface area contributed by atoms with Crippen molar-refractivity contribution in [3.8, 4) is 17.1 Å². The lowest BCUT2D eigenvalue weighted by Gasteiger charge is -2.06. The molecule has 0 fully saturated rings. The molecule has 138 valence electrons. The topological polar surface area (TPSA) is 128 Å². The second kappa shape index (κ2) is 6.22. The number of hydrogen-bond donors (Lipinski definition) is 4. The first-order valence-corrected chi connectivity index (χ1v) is 9.72. The highest BCUT2D eigenvalue weighted by Gasteiger charge is 2.19. The summed E-state index contributed by atoms with van der Waals surface area (Å²) in [5.41, 5.74) is 1.44. The zero-order valence-corrected chi connectivity index (χ0v) is 15.1. The van der Waals surface area contributed by atoms with Crippen LogP contribution < -0.4 is 10.3 Å². The monoisotopic (exact) mass is 384 g/mol. The van der Waals surface area contributed by atoms with Crippen LogP contribution in [0.3, 0.4) is 0 Å². The van der Waals surface area contributed by atoms with Gasteiger partial charge in [0.2, 0.25) is 15.6 Å². The number of fused-ring (bicyclic) bond motifs is 2. The molecule has 0 unspecified atom stereocenters. The highest BCUT2D eigenvalue weighted by Crippen LogP contribution is 2.37. The standard InChI is InChI=1S/C18H16N4O4S/c1-2-19-27(25,26)11-5-7-13-12(9-11)16(18(24)21-13)14-6-3-10-4-8-15(23)22-17(10)20-14/h3-9,19,21,24H,2H2,1H3,(H,20,22,23). The predicted molar refractivity (Wildman–Crippen MR) is 102 cm³/mol. The molecule has 0 aliphatic carbocycles. The summed E-state index contributed by atoms with van der Waals surface area (Å²) in [4.78, 5) is 21.5. The van der Waals surface area contributed by atoms with Crippen molar-refractivity contribution in [1.82, 2.24) is 19.7 Å². The lowest BCUT2D eigenvalue weighted by Crippen LogP contribution is -2.22. The lowest BCUT2D eigenvalue weighted by molar-refractivity contribution is 0.460. The van der Waals surface area contributed by atoms with Gasteiger partial charge in [-0.2, -0.15) is 0 Å². The Hall–Kier alpha value is -3.17. The van der Waals surface area contributed by atoms with Gasteiger partial charge in [0.1, 0.15) is 5.65 Å². The van der Waals surface area contributed by atoms with Crippen LogP contribution in [0.1, 0.15) is 6.92 Å². The number of aromatic nitrogens is 3. The van der Waals surface area contributed by atoms with Crippen molar-refractivity contribution in [3.63, 3.8) is 0 Å². The minimum Gasteiger partial charge on any atom is -0.494 e. The van der Waals surface area contributed by atoms with E-state index in [1.807, 2.05) is 0 Å². The first kappa shape index (κ1) is 17.3. The third kappa shape index (κ3) is 2.96. The fourth-order valence-electron chi connectivity index (χ4n) is 3.02. The average molecular weight is 384 g/mol. The number of nitrogens with one attached hydrogen (secondary N) is 3. The van der Waals surface area contributed by atoms with Crippen LogP contribution in [-0.2, 0) is 10.0 Å². The minimum absolute atomic E-state index is 0.0892. The molecular weight excluding hydrogens is 368 g/mol. The Labute approximate surface area is 153 Å². The maximum Gasteiger partial charge on any atom is 0.249 e. The highest BCUT2D eigenvalue weighted by molar-refractivity contribution is 7.89. The number of rotatable bonds is 4. The summed E-state index contributed by atoms with van der Waals surface area (Å²) in [6, 6.07) is 11.1. The summed E-state index contributed by atoms with van der Waals surface area (Å²) in [7, 11) is -3.65. The van der Waals surface area contributed by atoms with E-state index in [0.717, 1.165) is 5.39 Å². The molecule has 4 aromatic rings. The molecule has 0 aliphatic rings. The molecule has 8 nitrogen and oxygen atoms in total. The van der Waals surface area contributed by atoms with Gasteiger partial charge in [-0.05, 0) is 36.4 Å². The van der Waals surface area contributed by atoms with Gasteiger partial charge in [-0.3, -0.25) is 4.79 Å². The molecule has 9 heteroatoms. The van der Waals surface area contributed by atoms with Crippen molar-refractivity contribution < 1.29 is 13.5 Å². The summed E-state index contributed by atoms with van der Waals surface area (Å²) in [6.07, 6.45) is 0. The fourth-order valence-corrected chi connectivity index (χ4v) is 4.09. The van der Waals surface area contributed by atoms with E-state index in [2.05, 4.69) is 19.7 Å². The first-order chi connectivity index (χ1) is 12.9. The van der Waals surface area contributed by atoms with Crippen LogP contribution in [-0.4, -0.2) is 35.0 Å². The molecular formula is C18H16N4O4S. The zero-order valence-electron chi connectivity index (χ0n) is 14.3. The van der Waals surface area contributed by atoms with Gasteiger partial charge in [-0.1, -0.05) is 6.92 Å². The second-order valence-corrected chi connectivity index (χ2v) is 7.78. The molecule has 0 saturated heterocycles. The lowest BCUT2D eigenvalue weighted by atomic mass is 10.1. The summed E-state index contributed by atoms with van der Waals surface area (Å²) in [5, 5.41) is 11.6. The van der Waals surface area contributed by atoms with Gasteiger partial charge in [0.25, 0.3) is 0 Å². The van der Waals surface area contributed by atoms with Gasteiger partial charge in [-0.15, -0.1) is 0 Å². The molecule has 0 spiro atoms. The van der Waals surface area contributed by atoms with E-state index in [1.54, 1.807) is 31.2 Å². The number of sulfonamides is 1. The van der Waals surface area contributed by atoms with Crippen LogP contribution in [0.4, 0.5) is 0 Å². The SMILES string of the molecule is CCNS(=O)(=O)c1ccc2[nH]c(O)c(-c3ccc4ccc(=O)[nH]c4n3)c2c1. The molecule has 4 rings (SSSR count). The number of pyridine rings is 2.